The Balaban J connectivity index is 2.36. The summed E-state index contributed by atoms with van der Waals surface area (Å²) in [6, 6.07) is 7.87. The number of aromatic nitrogens is 1. The Kier molecular flexibility index (Phi) is 4.78. The predicted molar refractivity (Wildman–Crippen MR) is 87.7 cm³/mol. The van der Waals surface area contributed by atoms with Crippen molar-refractivity contribution in [2.45, 2.75) is 20.3 Å². The summed E-state index contributed by atoms with van der Waals surface area (Å²) in [6.07, 6.45) is 2.67. The number of rotatable bonds is 5. The molecule has 1 amide bonds. The van der Waals surface area contributed by atoms with Crippen LogP contribution < -0.4 is 5.32 Å². The first kappa shape index (κ1) is 15.3. The van der Waals surface area contributed by atoms with E-state index in [2.05, 4.69) is 24.1 Å². The number of carbonyl (C=O) groups excluding carboxylic acids is 1. The number of hydrogen-bond donors (Lipinski definition) is 1. The summed E-state index contributed by atoms with van der Waals surface area (Å²) in [5, 5.41) is 4.99. The molecule has 0 spiro atoms. The third-order valence-corrected chi connectivity index (χ3v) is 3.65. The Hall–Kier alpha value is -2.10. The first-order valence-electron chi connectivity index (χ1n) is 7.35. The Morgan fingerprint density at radius 3 is 2.57 bits per heavy atom. The molecule has 4 heteroatoms. The third-order valence-electron chi connectivity index (χ3n) is 3.65. The number of fused-ring (bicyclic) bond motifs is 1. The molecule has 1 aromatic carbocycles. The van der Waals surface area contributed by atoms with Crippen LogP contribution in [0.2, 0.25) is 0 Å². The van der Waals surface area contributed by atoms with Crippen LogP contribution in [0.3, 0.4) is 0 Å². The van der Waals surface area contributed by atoms with Crippen LogP contribution in [0.4, 0.5) is 5.82 Å². The minimum Gasteiger partial charge on any atom is -0.373 e. The molecule has 0 saturated heterocycles. The topological polar surface area (TPSA) is 45.2 Å². The van der Waals surface area contributed by atoms with Crippen LogP contribution in [0.25, 0.3) is 10.8 Å². The summed E-state index contributed by atoms with van der Waals surface area (Å²) in [7, 11) is 3.69. The van der Waals surface area contributed by atoms with Crippen LogP contribution >= 0.6 is 0 Å². The standard InChI is InChI=1S/C17H23N3O/c1-12(2)9-10-20(4)17(21)15-11-19-16(18-3)14-8-6-5-7-13(14)15/h5-8,11-12H,9-10H2,1-4H3,(H,18,19). The number of hydrogen-bond acceptors (Lipinski definition) is 3. The van der Waals surface area contributed by atoms with Crippen molar-refractivity contribution in [2.24, 2.45) is 5.92 Å². The normalized spacial score (nSPS) is 10.9. The minimum absolute atomic E-state index is 0.0296. The maximum absolute atomic E-state index is 12.6. The zero-order chi connectivity index (χ0) is 15.4. The van der Waals surface area contributed by atoms with Crippen molar-refractivity contribution >= 4 is 22.5 Å². The molecule has 112 valence electrons. The molecule has 2 aromatic rings. The van der Waals surface area contributed by atoms with Crippen LogP contribution in [0, 0.1) is 5.92 Å². The van der Waals surface area contributed by atoms with Crippen LogP contribution in [-0.2, 0) is 0 Å². The van der Waals surface area contributed by atoms with Crippen LogP contribution in [0.15, 0.2) is 30.5 Å². The van der Waals surface area contributed by atoms with Gasteiger partial charge in [0.2, 0.25) is 0 Å². The van der Waals surface area contributed by atoms with E-state index in [-0.39, 0.29) is 5.91 Å². The number of nitrogens with zero attached hydrogens (tertiary/aromatic N) is 2. The second kappa shape index (κ2) is 6.57. The largest absolute Gasteiger partial charge is 0.373 e. The van der Waals surface area contributed by atoms with Crippen molar-refractivity contribution < 1.29 is 4.79 Å². The molecule has 0 saturated carbocycles. The van der Waals surface area contributed by atoms with E-state index in [1.54, 1.807) is 11.1 Å². The van der Waals surface area contributed by atoms with Crippen molar-refractivity contribution in [3.8, 4) is 0 Å². The summed E-state index contributed by atoms with van der Waals surface area (Å²) < 4.78 is 0. The van der Waals surface area contributed by atoms with E-state index in [9.17, 15) is 4.79 Å². The maximum atomic E-state index is 12.6. The van der Waals surface area contributed by atoms with E-state index in [0.29, 0.717) is 11.5 Å². The molecule has 1 heterocycles. The Morgan fingerprint density at radius 2 is 1.95 bits per heavy atom. The highest BCUT2D eigenvalue weighted by Crippen LogP contribution is 2.25. The lowest BCUT2D eigenvalue weighted by Crippen LogP contribution is -2.28. The highest BCUT2D eigenvalue weighted by atomic mass is 16.2. The Bertz CT molecular complexity index is 637. The number of anilines is 1. The number of benzene rings is 1. The van der Waals surface area contributed by atoms with Gasteiger partial charge in [-0.2, -0.15) is 0 Å². The van der Waals surface area contributed by atoms with E-state index >= 15 is 0 Å². The maximum Gasteiger partial charge on any atom is 0.255 e. The first-order chi connectivity index (χ1) is 10.0. The molecule has 21 heavy (non-hydrogen) atoms. The third kappa shape index (κ3) is 3.32. The molecule has 0 fully saturated rings. The number of pyridine rings is 1. The predicted octanol–water partition coefficient (Wildman–Crippen LogP) is 3.39. The fourth-order valence-corrected chi connectivity index (χ4v) is 2.32. The molecule has 0 unspecified atom stereocenters. The van der Waals surface area contributed by atoms with Gasteiger partial charge >= 0.3 is 0 Å². The lowest BCUT2D eigenvalue weighted by atomic mass is 10.1. The minimum atomic E-state index is 0.0296. The van der Waals surface area contributed by atoms with Gasteiger partial charge in [0.05, 0.1) is 5.56 Å². The lowest BCUT2D eigenvalue weighted by molar-refractivity contribution is 0.0791. The van der Waals surface area contributed by atoms with E-state index < -0.39 is 0 Å². The highest BCUT2D eigenvalue weighted by Gasteiger charge is 2.16. The summed E-state index contributed by atoms with van der Waals surface area (Å²) in [5.41, 5.74) is 0.663. The van der Waals surface area contributed by atoms with Gasteiger partial charge in [0.15, 0.2) is 0 Å². The van der Waals surface area contributed by atoms with Crippen molar-refractivity contribution in [1.82, 2.24) is 9.88 Å². The smallest absolute Gasteiger partial charge is 0.255 e. The summed E-state index contributed by atoms with van der Waals surface area (Å²) in [5.74, 6) is 1.41. The lowest BCUT2D eigenvalue weighted by Gasteiger charge is -2.19. The molecule has 0 bridgehead atoms. The average Bonchev–Trinajstić information content (AvgIpc) is 2.50. The van der Waals surface area contributed by atoms with Crippen LogP contribution in [0.1, 0.15) is 30.6 Å². The molecule has 1 aromatic heterocycles. The van der Waals surface area contributed by atoms with Crippen molar-refractivity contribution in [3.05, 3.63) is 36.0 Å². The van der Waals surface area contributed by atoms with Gasteiger partial charge in [-0.25, -0.2) is 4.98 Å². The molecule has 4 nitrogen and oxygen atoms in total. The number of nitrogens with one attached hydrogen (secondary N) is 1. The second-order valence-corrected chi connectivity index (χ2v) is 5.73. The van der Waals surface area contributed by atoms with Crippen LogP contribution in [-0.4, -0.2) is 36.4 Å². The molecule has 0 radical (unpaired) electrons. The number of amides is 1. The van der Waals surface area contributed by atoms with E-state index in [0.717, 1.165) is 29.6 Å². The highest BCUT2D eigenvalue weighted by molar-refractivity contribution is 6.09. The molecular weight excluding hydrogens is 262 g/mol. The summed E-state index contributed by atoms with van der Waals surface area (Å²) in [4.78, 5) is 18.8. The second-order valence-electron chi connectivity index (χ2n) is 5.73. The molecule has 1 N–H and O–H groups in total. The molecule has 0 atom stereocenters. The molecule has 0 aliphatic carbocycles. The summed E-state index contributed by atoms with van der Waals surface area (Å²) >= 11 is 0. The van der Waals surface area contributed by atoms with Crippen molar-refractivity contribution in [2.75, 3.05) is 26.0 Å². The van der Waals surface area contributed by atoms with E-state index in [1.165, 1.54) is 0 Å². The van der Waals surface area contributed by atoms with Gasteiger partial charge in [-0.1, -0.05) is 38.1 Å². The van der Waals surface area contributed by atoms with Gasteiger partial charge in [0.1, 0.15) is 5.82 Å². The fraction of sp³-hybridized carbons (Fsp3) is 0.412. The van der Waals surface area contributed by atoms with E-state index in [4.69, 9.17) is 0 Å². The molecule has 0 aliphatic heterocycles. The van der Waals surface area contributed by atoms with Gasteiger partial charge in [-0.3, -0.25) is 4.79 Å². The van der Waals surface area contributed by atoms with E-state index in [1.807, 2.05) is 38.4 Å². The van der Waals surface area contributed by atoms with Crippen molar-refractivity contribution in [3.63, 3.8) is 0 Å². The fourth-order valence-electron chi connectivity index (χ4n) is 2.32. The summed E-state index contributed by atoms with van der Waals surface area (Å²) in [6.45, 7) is 5.09. The number of carbonyl (C=O) groups is 1. The van der Waals surface area contributed by atoms with Gasteiger partial charge in [-0.15, -0.1) is 0 Å². The monoisotopic (exact) mass is 285 g/mol. The molecular formula is C17H23N3O. The van der Waals surface area contributed by atoms with Crippen molar-refractivity contribution in [1.29, 1.82) is 0 Å². The molecule has 2 rings (SSSR count). The van der Waals surface area contributed by atoms with Gasteiger partial charge in [-0.05, 0) is 17.7 Å². The van der Waals surface area contributed by atoms with Gasteiger partial charge in [0, 0.05) is 32.2 Å². The molecule has 0 aliphatic rings. The Labute approximate surface area is 126 Å². The SMILES string of the molecule is CNc1ncc(C(=O)N(C)CCC(C)C)c2ccccc12. The Morgan fingerprint density at radius 1 is 1.29 bits per heavy atom. The van der Waals surface area contributed by atoms with Gasteiger partial charge < -0.3 is 10.2 Å². The zero-order valence-electron chi connectivity index (χ0n) is 13.2. The zero-order valence-corrected chi connectivity index (χ0v) is 13.2. The van der Waals surface area contributed by atoms with Gasteiger partial charge in [0.25, 0.3) is 5.91 Å². The van der Waals surface area contributed by atoms with Crippen LogP contribution in [0.5, 0.6) is 0 Å². The first-order valence-corrected chi connectivity index (χ1v) is 7.35. The average molecular weight is 285 g/mol. The quantitative estimate of drug-likeness (QED) is 0.916.